The minimum Gasteiger partial charge on any atom is -0.508 e. The second-order valence-corrected chi connectivity index (χ2v) is 23.1. The summed E-state index contributed by atoms with van der Waals surface area (Å²) < 4.78 is 0. The lowest BCUT2D eigenvalue weighted by molar-refractivity contribution is -0.142. The van der Waals surface area contributed by atoms with Gasteiger partial charge in [-0.05, 0) is 103 Å². The fourth-order valence-electron chi connectivity index (χ4n) is 8.88. The number of hydrogen-bond donors (Lipinski definition) is 15. The molecule has 4 aromatic rings. The van der Waals surface area contributed by atoms with Crippen LogP contribution in [0.1, 0.15) is 84.9 Å². The lowest BCUT2D eigenvalue weighted by atomic mass is 9.97. The van der Waals surface area contributed by atoms with Gasteiger partial charge in [0.25, 0.3) is 0 Å². The number of carbonyl (C=O) groups excluding carboxylic acids is 9. The number of rotatable bonds is 33. The first-order valence-corrected chi connectivity index (χ1v) is 30.1. The molecule has 0 spiro atoms. The molecule has 4 rings (SSSR count). The predicted molar refractivity (Wildman–Crippen MR) is 326 cm³/mol. The Labute approximate surface area is 504 Å². The van der Waals surface area contributed by atoms with Gasteiger partial charge >= 0.3 is 5.97 Å². The van der Waals surface area contributed by atoms with Crippen LogP contribution in [0.5, 0.6) is 11.5 Å². The number of carboxylic acid groups (broad SMARTS) is 1. The van der Waals surface area contributed by atoms with Crippen molar-refractivity contribution in [2.75, 3.05) is 17.8 Å². The summed E-state index contributed by atoms with van der Waals surface area (Å²) in [5.74, 6) is -9.51. The minimum absolute atomic E-state index is 0.0210. The normalized spacial score (nSPS) is 15.2. The van der Waals surface area contributed by atoms with Gasteiger partial charge in [0.15, 0.2) is 0 Å². The third kappa shape index (κ3) is 21.3. The number of fused-ring (bicyclic) bond motifs is 1. The summed E-state index contributed by atoms with van der Waals surface area (Å²) in [5, 5.41) is 53.6. The Hall–Kier alpha value is -7.84. The number of thioether (sulfide) groups is 1. The van der Waals surface area contributed by atoms with E-state index in [4.69, 9.17) is 5.73 Å². The van der Waals surface area contributed by atoms with Crippen molar-refractivity contribution in [1.82, 2.24) is 52.8 Å². The molecule has 3 aromatic carbocycles. The van der Waals surface area contributed by atoms with Crippen LogP contribution in [0.3, 0.4) is 0 Å². The van der Waals surface area contributed by atoms with Gasteiger partial charge in [0, 0.05) is 35.7 Å². The number of benzene rings is 3. The summed E-state index contributed by atoms with van der Waals surface area (Å²) in [5.41, 5.74) is 8.83. The molecule has 11 atom stereocenters. The molecular weight excluding hydrogens is 1130 g/mol. The van der Waals surface area contributed by atoms with Crippen LogP contribution in [0, 0.1) is 17.8 Å². The van der Waals surface area contributed by atoms with Crippen LogP contribution >= 0.6 is 24.4 Å². The van der Waals surface area contributed by atoms with Gasteiger partial charge in [-0.25, -0.2) is 4.79 Å². The standard InChI is InChI=1S/C59H83N11O13S2/c1-10-32(6)49(70-52(75)41(60)25-35-15-19-38(71)20-16-35)58(81)67-46(29-84)55(78)65-44(27-37-28-61-42-14-12-11-13-40(37)42)54(77)68-48(31(4)5)57(80)69-47(30(2)3)56(79)63-34(8)50(73)64-43(23-24-85-9)53(76)62-33(7)51(74)66-45(59(82)83)26-36-17-21-39(72)22-18-36/h11-22,28,30-34,41,43-49,61,71-72,84H,10,23-27,29,60H2,1-9H3,(H,62,76)(H,63,79)(H,64,73)(H,65,78)(H,66,74)(H,67,81)(H,68,77)(H,69,80)(H,70,75)(H,82,83)/t32-,33-,34-,41-,43-,44-,45-,46-,47-,48-,49-/m0/s1. The number of phenolic OH excluding ortho intramolecular Hbond substituents is 2. The van der Waals surface area contributed by atoms with E-state index in [1.807, 2.05) is 25.1 Å². The topological polar surface area (TPSA) is 381 Å². The number of H-pyrrole nitrogens is 1. The Kier molecular flexibility index (Phi) is 27.5. The molecule has 0 unspecified atom stereocenters. The molecule has 464 valence electrons. The average Bonchev–Trinajstić information content (AvgIpc) is 3.72. The lowest BCUT2D eigenvalue weighted by Crippen LogP contribution is -2.62. The molecule has 0 aliphatic rings. The van der Waals surface area contributed by atoms with E-state index in [9.17, 15) is 63.3 Å². The monoisotopic (exact) mass is 1220 g/mol. The Morgan fingerprint density at radius 3 is 1.51 bits per heavy atom. The molecule has 24 nitrogen and oxygen atoms in total. The maximum atomic E-state index is 14.6. The predicted octanol–water partition coefficient (Wildman–Crippen LogP) is 1.46. The second kappa shape index (κ2) is 33.6. The van der Waals surface area contributed by atoms with Gasteiger partial charge in [-0.15, -0.1) is 0 Å². The summed E-state index contributed by atoms with van der Waals surface area (Å²) in [6.07, 6.45) is 3.95. The van der Waals surface area contributed by atoms with Crippen molar-refractivity contribution in [2.24, 2.45) is 23.5 Å². The number of thiol groups is 1. The molecule has 0 saturated heterocycles. The van der Waals surface area contributed by atoms with E-state index in [0.29, 0.717) is 28.9 Å². The first-order chi connectivity index (χ1) is 40.2. The zero-order chi connectivity index (χ0) is 63.2. The molecule has 9 amide bonds. The smallest absolute Gasteiger partial charge is 0.326 e. The number of nitrogens with one attached hydrogen (secondary N) is 10. The van der Waals surface area contributed by atoms with Gasteiger partial charge in [0.1, 0.15) is 65.9 Å². The van der Waals surface area contributed by atoms with Crippen LogP contribution in [0.4, 0.5) is 0 Å². The van der Waals surface area contributed by atoms with Crippen LogP contribution in [0.15, 0.2) is 79.0 Å². The van der Waals surface area contributed by atoms with Gasteiger partial charge in [0.05, 0.1) is 6.04 Å². The largest absolute Gasteiger partial charge is 0.508 e. The van der Waals surface area contributed by atoms with Gasteiger partial charge < -0.3 is 73.9 Å². The number of amides is 9. The number of aliphatic carboxylic acids is 1. The minimum atomic E-state index is -1.37. The van der Waals surface area contributed by atoms with Gasteiger partial charge in [-0.3, -0.25) is 43.2 Å². The molecule has 0 bridgehead atoms. The number of phenols is 2. The van der Waals surface area contributed by atoms with Crippen molar-refractivity contribution in [1.29, 1.82) is 0 Å². The molecule has 0 fully saturated rings. The van der Waals surface area contributed by atoms with Crippen molar-refractivity contribution in [2.45, 2.75) is 148 Å². The van der Waals surface area contributed by atoms with E-state index >= 15 is 0 Å². The molecule has 0 aliphatic heterocycles. The third-order valence-electron chi connectivity index (χ3n) is 14.3. The fraction of sp³-hybridized carbons (Fsp3) is 0.492. The zero-order valence-corrected chi connectivity index (χ0v) is 51.0. The molecule has 0 radical (unpaired) electrons. The summed E-state index contributed by atoms with van der Waals surface area (Å²) in [4.78, 5) is 140. The van der Waals surface area contributed by atoms with Crippen LogP contribution < -0.4 is 53.6 Å². The number of carbonyl (C=O) groups is 10. The van der Waals surface area contributed by atoms with Crippen LogP contribution in [0.25, 0.3) is 10.9 Å². The highest BCUT2D eigenvalue weighted by molar-refractivity contribution is 7.98. The van der Waals surface area contributed by atoms with Crippen molar-refractivity contribution in [3.8, 4) is 11.5 Å². The third-order valence-corrected chi connectivity index (χ3v) is 15.3. The number of hydrogen-bond acceptors (Lipinski definition) is 15. The molecule has 26 heteroatoms. The van der Waals surface area contributed by atoms with Gasteiger partial charge in [0.2, 0.25) is 53.2 Å². The summed E-state index contributed by atoms with van der Waals surface area (Å²) in [6, 6.07) is 6.75. The maximum Gasteiger partial charge on any atom is 0.326 e. The van der Waals surface area contributed by atoms with E-state index in [1.54, 1.807) is 65.3 Å². The van der Waals surface area contributed by atoms with E-state index in [2.05, 4.69) is 65.5 Å². The first kappa shape index (κ1) is 69.7. The molecule has 1 heterocycles. The van der Waals surface area contributed by atoms with E-state index in [1.165, 1.54) is 62.0 Å². The van der Waals surface area contributed by atoms with Crippen LogP contribution in [-0.2, 0) is 67.2 Å². The van der Waals surface area contributed by atoms with Gasteiger partial charge in [-0.1, -0.05) is 90.4 Å². The number of aromatic nitrogens is 1. The fourth-order valence-corrected chi connectivity index (χ4v) is 9.61. The van der Waals surface area contributed by atoms with Crippen molar-refractivity contribution >= 4 is 94.4 Å². The molecule has 85 heavy (non-hydrogen) atoms. The van der Waals surface area contributed by atoms with Crippen molar-refractivity contribution in [3.63, 3.8) is 0 Å². The lowest BCUT2D eigenvalue weighted by Gasteiger charge is -2.30. The molecule has 0 saturated carbocycles. The first-order valence-electron chi connectivity index (χ1n) is 28.1. The summed E-state index contributed by atoms with van der Waals surface area (Å²) in [6.45, 7) is 12.9. The van der Waals surface area contributed by atoms with Crippen molar-refractivity contribution in [3.05, 3.63) is 95.7 Å². The molecule has 0 aliphatic carbocycles. The number of aromatic hydroxyl groups is 2. The number of carboxylic acids is 1. The molecular formula is C59H83N11O13S2. The maximum absolute atomic E-state index is 14.6. The average molecular weight is 1220 g/mol. The Morgan fingerprint density at radius 2 is 0.976 bits per heavy atom. The highest BCUT2D eigenvalue weighted by Gasteiger charge is 2.37. The van der Waals surface area contributed by atoms with E-state index in [0.717, 1.165) is 10.9 Å². The quantitative estimate of drug-likeness (QED) is 0.0300. The highest BCUT2D eigenvalue weighted by atomic mass is 32.2. The van der Waals surface area contributed by atoms with E-state index < -0.39 is 137 Å². The summed E-state index contributed by atoms with van der Waals surface area (Å²) >= 11 is 5.75. The molecule has 1 aromatic heterocycles. The highest BCUT2D eigenvalue weighted by Crippen LogP contribution is 2.21. The number of nitrogens with two attached hydrogens (primary N) is 1. The van der Waals surface area contributed by atoms with E-state index in [-0.39, 0.29) is 42.9 Å². The summed E-state index contributed by atoms with van der Waals surface area (Å²) in [7, 11) is 0. The number of aromatic amines is 1. The Bertz CT molecular complexity index is 2940. The SMILES string of the molecule is CC[C@H](C)[C@H](NC(=O)[C@@H](N)Cc1ccc(O)cc1)C(=O)N[C@@H](CS)C(=O)N[C@@H](Cc1c[nH]c2ccccc12)C(=O)N[C@H](C(=O)N[C@H](C(=O)N[C@@H](C)C(=O)N[C@@H](CCSC)C(=O)N[C@@H](C)C(=O)N[C@@H](Cc1ccc(O)cc1)C(=O)O)C(C)C)C(C)C. The Morgan fingerprint density at radius 1 is 0.529 bits per heavy atom. The van der Waals surface area contributed by atoms with Crippen molar-refractivity contribution < 1.29 is 63.3 Å². The van der Waals surface area contributed by atoms with Crippen LogP contribution in [0.2, 0.25) is 0 Å². The zero-order valence-electron chi connectivity index (χ0n) is 49.3. The van der Waals surface area contributed by atoms with Gasteiger partial charge in [-0.2, -0.15) is 24.4 Å². The second-order valence-electron chi connectivity index (χ2n) is 21.8. The van der Waals surface area contributed by atoms with Crippen LogP contribution in [-0.4, -0.2) is 158 Å². The number of para-hydroxylation sites is 1. The Balaban J connectivity index is 1.46. The molecule has 15 N–H and O–H groups in total.